The number of imide groups is 1. The number of aromatic nitrogens is 2. The number of halogens is 1. The molecule has 1 aliphatic heterocycles. The summed E-state index contributed by atoms with van der Waals surface area (Å²) in [7, 11) is 0. The van der Waals surface area contributed by atoms with E-state index in [4.69, 9.17) is 0 Å². The molecule has 2 aromatic carbocycles. The maximum absolute atomic E-state index is 13.4. The second-order valence-electron chi connectivity index (χ2n) is 8.68. The molecule has 1 N–H and O–H groups in total. The normalized spacial score (nSPS) is 14.2. The van der Waals surface area contributed by atoms with Gasteiger partial charge in [0, 0.05) is 29.9 Å². The summed E-state index contributed by atoms with van der Waals surface area (Å²) in [5.41, 5.74) is 1.73. The molecule has 1 fully saturated rings. The van der Waals surface area contributed by atoms with Gasteiger partial charge in [-0.2, -0.15) is 5.10 Å². The van der Waals surface area contributed by atoms with Crippen LogP contribution >= 0.6 is 0 Å². The lowest BCUT2D eigenvalue weighted by Crippen LogP contribution is -2.28. The van der Waals surface area contributed by atoms with Crippen LogP contribution in [0.1, 0.15) is 49.7 Å². The van der Waals surface area contributed by atoms with E-state index in [2.05, 4.69) is 10.4 Å². The van der Waals surface area contributed by atoms with Gasteiger partial charge >= 0.3 is 0 Å². The lowest BCUT2D eigenvalue weighted by atomic mass is 9.92. The third kappa shape index (κ3) is 4.16. The molecule has 32 heavy (non-hydrogen) atoms. The molecule has 1 saturated heterocycles. The minimum Gasteiger partial charge on any atom is -0.306 e. The van der Waals surface area contributed by atoms with Crippen LogP contribution in [0.5, 0.6) is 0 Å². The average Bonchev–Trinajstić information content (AvgIpc) is 3.32. The van der Waals surface area contributed by atoms with Crippen molar-refractivity contribution in [2.24, 2.45) is 0 Å². The zero-order chi connectivity index (χ0) is 23.0. The summed E-state index contributed by atoms with van der Waals surface area (Å²) in [5.74, 6) is -0.932. The number of benzene rings is 2. The lowest BCUT2D eigenvalue weighted by Gasteiger charge is -2.15. The highest BCUT2D eigenvalue weighted by atomic mass is 19.1. The van der Waals surface area contributed by atoms with Crippen molar-refractivity contribution in [3.8, 4) is 5.69 Å². The molecule has 2 heterocycles. The Labute approximate surface area is 184 Å². The fourth-order valence-corrected chi connectivity index (χ4v) is 3.46. The number of nitrogens with zero attached hydrogens (tertiary/aromatic N) is 3. The van der Waals surface area contributed by atoms with Gasteiger partial charge in [-0.15, -0.1) is 0 Å². The number of rotatable bonds is 4. The fraction of sp³-hybridized carbons (Fsp3) is 0.250. The molecular weight excluding hydrogens is 411 g/mol. The summed E-state index contributed by atoms with van der Waals surface area (Å²) >= 11 is 0. The minimum absolute atomic E-state index is 0.168. The predicted octanol–water partition coefficient (Wildman–Crippen LogP) is 4.21. The van der Waals surface area contributed by atoms with Crippen LogP contribution in [0.4, 0.5) is 15.9 Å². The molecule has 1 aliphatic rings. The molecule has 3 aromatic rings. The van der Waals surface area contributed by atoms with E-state index >= 15 is 0 Å². The summed E-state index contributed by atoms with van der Waals surface area (Å²) in [5, 5.41) is 7.46. The fourth-order valence-electron chi connectivity index (χ4n) is 3.46. The Kier molecular flexibility index (Phi) is 5.38. The Morgan fingerprint density at radius 1 is 0.969 bits per heavy atom. The van der Waals surface area contributed by atoms with Gasteiger partial charge in [-0.1, -0.05) is 26.8 Å². The molecule has 0 saturated carbocycles. The quantitative estimate of drug-likeness (QED) is 0.624. The Morgan fingerprint density at radius 2 is 1.62 bits per heavy atom. The SMILES string of the molecule is CC(C)(C)c1cc(NC(=O)c2cccc(N3C(=O)CCC3=O)c2)n(-c2ccc(F)cc2)n1. The number of hydrogen-bond donors (Lipinski definition) is 1. The molecule has 1 aromatic heterocycles. The number of carbonyl (C=O) groups is 3. The largest absolute Gasteiger partial charge is 0.306 e. The molecule has 7 nitrogen and oxygen atoms in total. The van der Waals surface area contributed by atoms with Crippen molar-refractivity contribution >= 4 is 29.2 Å². The average molecular weight is 434 g/mol. The molecule has 4 rings (SSSR count). The number of anilines is 2. The number of hydrogen-bond acceptors (Lipinski definition) is 4. The Hall–Kier alpha value is -3.81. The molecule has 0 atom stereocenters. The Morgan fingerprint density at radius 3 is 2.25 bits per heavy atom. The van der Waals surface area contributed by atoms with Gasteiger partial charge < -0.3 is 5.32 Å². The molecule has 0 unspecified atom stereocenters. The first-order chi connectivity index (χ1) is 15.1. The molecule has 0 aliphatic carbocycles. The Balaban J connectivity index is 1.67. The number of amides is 3. The molecule has 8 heteroatoms. The van der Waals surface area contributed by atoms with Gasteiger partial charge in [0.05, 0.1) is 17.1 Å². The van der Waals surface area contributed by atoms with E-state index < -0.39 is 5.91 Å². The van der Waals surface area contributed by atoms with Crippen LogP contribution in [0.15, 0.2) is 54.6 Å². The summed E-state index contributed by atoms with van der Waals surface area (Å²) in [6, 6.07) is 14.0. The maximum Gasteiger partial charge on any atom is 0.256 e. The summed E-state index contributed by atoms with van der Waals surface area (Å²) in [6.45, 7) is 6.01. The smallest absolute Gasteiger partial charge is 0.256 e. The van der Waals surface area contributed by atoms with Gasteiger partial charge in [-0.05, 0) is 42.5 Å². The number of carbonyl (C=O) groups excluding carboxylic acids is 3. The van der Waals surface area contributed by atoms with Gasteiger partial charge in [0.15, 0.2) is 0 Å². The van der Waals surface area contributed by atoms with E-state index in [-0.39, 0.29) is 35.9 Å². The van der Waals surface area contributed by atoms with Crippen molar-refractivity contribution in [1.82, 2.24) is 9.78 Å². The van der Waals surface area contributed by atoms with E-state index in [0.717, 1.165) is 10.6 Å². The van der Waals surface area contributed by atoms with E-state index in [1.165, 1.54) is 18.2 Å². The van der Waals surface area contributed by atoms with Crippen LogP contribution in [0.2, 0.25) is 0 Å². The third-order valence-electron chi connectivity index (χ3n) is 5.21. The van der Waals surface area contributed by atoms with Crippen molar-refractivity contribution in [2.75, 3.05) is 10.2 Å². The first-order valence-electron chi connectivity index (χ1n) is 10.3. The summed E-state index contributed by atoms with van der Waals surface area (Å²) < 4.78 is 14.9. The first-order valence-corrected chi connectivity index (χ1v) is 10.3. The van der Waals surface area contributed by atoms with Crippen LogP contribution in [0.3, 0.4) is 0 Å². The summed E-state index contributed by atoms with van der Waals surface area (Å²) in [4.78, 5) is 38.2. The Bertz CT molecular complexity index is 1190. The van der Waals surface area contributed by atoms with Crippen LogP contribution in [-0.2, 0) is 15.0 Å². The van der Waals surface area contributed by atoms with Crippen molar-refractivity contribution in [3.05, 3.63) is 71.7 Å². The highest BCUT2D eigenvalue weighted by Crippen LogP contribution is 2.28. The molecule has 0 bridgehead atoms. The molecule has 164 valence electrons. The van der Waals surface area contributed by atoms with Gasteiger partial charge in [-0.3, -0.25) is 19.3 Å². The van der Waals surface area contributed by atoms with Crippen molar-refractivity contribution in [1.29, 1.82) is 0 Å². The molecule has 0 spiro atoms. The topological polar surface area (TPSA) is 84.3 Å². The molecule has 3 amide bonds. The first kappa shape index (κ1) is 21.4. The maximum atomic E-state index is 13.4. The van der Waals surface area contributed by atoms with Crippen LogP contribution in [0.25, 0.3) is 5.69 Å². The standard InChI is InChI=1S/C24H23FN4O3/c1-24(2,3)19-14-20(29(27-19)17-9-7-16(25)8-10-17)26-23(32)15-5-4-6-18(13-15)28-21(30)11-12-22(28)31/h4-10,13-14H,11-12H2,1-3H3,(H,26,32). The monoisotopic (exact) mass is 434 g/mol. The second-order valence-corrected chi connectivity index (χ2v) is 8.68. The van der Waals surface area contributed by atoms with E-state index in [1.807, 2.05) is 20.8 Å². The zero-order valence-corrected chi connectivity index (χ0v) is 18.1. The van der Waals surface area contributed by atoms with E-state index in [0.29, 0.717) is 22.8 Å². The van der Waals surface area contributed by atoms with Gasteiger partial charge in [0.1, 0.15) is 11.6 Å². The van der Waals surface area contributed by atoms with E-state index in [9.17, 15) is 18.8 Å². The van der Waals surface area contributed by atoms with Gasteiger partial charge in [-0.25, -0.2) is 9.07 Å². The van der Waals surface area contributed by atoms with Gasteiger partial charge in [0.25, 0.3) is 5.91 Å². The highest BCUT2D eigenvalue weighted by molar-refractivity contribution is 6.20. The number of nitrogens with one attached hydrogen (secondary N) is 1. The van der Waals surface area contributed by atoms with Crippen molar-refractivity contribution in [2.45, 2.75) is 39.0 Å². The lowest BCUT2D eigenvalue weighted by molar-refractivity contribution is -0.121. The van der Waals surface area contributed by atoms with Crippen LogP contribution < -0.4 is 10.2 Å². The second kappa shape index (κ2) is 8.03. The zero-order valence-electron chi connectivity index (χ0n) is 18.1. The third-order valence-corrected chi connectivity index (χ3v) is 5.21. The van der Waals surface area contributed by atoms with Crippen molar-refractivity contribution < 1.29 is 18.8 Å². The summed E-state index contributed by atoms with van der Waals surface area (Å²) in [6.07, 6.45) is 0.337. The van der Waals surface area contributed by atoms with Gasteiger partial charge in [0.2, 0.25) is 11.8 Å². The molecular formula is C24H23FN4O3. The molecule has 0 radical (unpaired) electrons. The highest BCUT2D eigenvalue weighted by Gasteiger charge is 2.30. The predicted molar refractivity (Wildman–Crippen MR) is 118 cm³/mol. The van der Waals surface area contributed by atoms with Crippen LogP contribution in [-0.4, -0.2) is 27.5 Å². The minimum atomic E-state index is -0.422. The van der Waals surface area contributed by atoms with Crippen molar-refractivity contribution in [3.63, 3.8) is 0 Å². The van der Waals surface area contributed by atoms with Crippen LogP contribution in [0, 0.1) is 5.82 Å². The van der Waals surface area contributed by atoms with E-state index in [1.54, 1.807) is 41.1 Å².